The number of amides is 1. The number of hydrogen-bond acceptors (Lipinski definition) is 8. The van der Waals surface area contributed by atoms with Gasteiger partial charge in [-0.05, 0) is 76.9 Å². The Morgan fingerprint density at radius 2 is 0.951 bits per heavy atom. The van der Waals surface area contributed by atoms with Crippen LogP contribution in [0, 0.1) is 17.8 Å². The fourth-order valence-electron chi connectivity index (χ4n) is 8.12. The van der Waals surface area contributed by atoms with Crippen LogP contribution in [-0.4, -0.2) is 87.4 Å². The van der Waals surface area contributed by atoms with Crippen molar-refractivity contribution >= 4 is 17.8 Å². The van der Waals surface area contributed by atoms with Crippen LogP contribution in [0.1, 0.15) is 241 Å². The van der Waals surface area contributed by atoms with E-state index in [1.165, 1.54) is 141 Å². The molecule has 1 N–H and O–H groups in total. The minimum atomic E-state index is -0.188. The van der Waals surface area contributed by atoms with E-state index in [0.717, 1.165) is 64.6 Å². The molecule has 0 radical (unpaired) electrons. The lowest BCUT2D eigenvalue weighted by atomic mass is 9.95. The molecular formula is C52H103N3O6. The standard InChI is InChI=1S/C40H79NO5.C12H24N2O/c1-6-11-15-19-21-25-29-37(27-23-17-13-8-3)35-44-39(42)31-33-41(10-5)46-34-32-40(43)45-36-38(28-24-18-14-9-4)30-26-22-20-16-12-7-2;1-3-4-5-8-13-12(15)11-6-9-14(2)10-7-11/h37-38H,6-36H2,1-5H3;11H,3-10H2,1-2H3,(H,13,15). The van der Waals surface area contributed by atoms with Crippen molar-refractivity contribution in [3.8, 4) is 0 Å². The van der Waals surface area contributed by atoms with Crippen LogP contribution in [0.4, 0.5) is 0 Å². The molecule has 0 aromatic carbocycles. The Hall–Kier alpha value is -1.71. The fourth-order valence-corrected chi connectivity index (χ4v) is 8.12. The van der Waals surface area contributed by atoms with Crippen molar-refractivity contribution < 1.29 is 28.7 Å². The van der Waals surface area contributed by atoms with E-state index in [1.807, 2.05) is 6.92 Å². The van der Waals surface area contributed by atoms with Gasteiger partial charge >= 0.3 is 11.9 Å². The molecule has 0 aromatic heterocycles. The van der Waals surface area contributed by atoms with Gasteiger partial charge in [-0.15, -0.1) is 0 Å². The van der Waals surface area contributed by atoms with E-state index in [2.05, 4.69) is 51.9 Å². The summed E-state index contributed by atoms with van der Waals surface area (Å²) in [4.78, 5) is 45.0. The van der Waals surface area contributed by atoms with Crippen LogP contribution in [0.25, 0.3) is 0 Å². The van der Waals surface area contributed by atoms with Gasteiger partial charge in [-0.2, -0.15) is 5.06 Å². The predicted molar refractivity (Wildman–Crippen MR) is 258 cm³/mol. The molecule has 0 spiro atoms. The SMILES string of the molecule is CCCCCCCCC(CCCCCC)COC(=O)CCON(CC)CCC(=O)OCC(CCCCCC)CCCCCCCC.CCCCCNC(=O)C1CCN(C)CC1. The highest BCUT2D eigenvalue weighted by atomic mass is 16.7. The van der Waals surface area contributed by atoms with Gasteiger partial charge in [0.15, 0.2) is 0 Å². The average Bonchev–Trinajstić information content (AvgIpc) is 3.26. The molecule has 9 nitrogen and oxygen atoms in total. The Kier molecular flexibility index (Phi) is 43.6. The Morgan fingerprint density at radius 1 is 0.557 bits per heavy atom. The predicted octanol–water partition coefficient (Wildman–Crippen LogP) is 13.4. The molecular weight excluding hydrogens is 763 g/mol. The maximum atomic E-state index is 12.6. The Bertz CT molecular complexity index is 975. The monoisotopic (exact) mass is 866 g/mol. The molecule has 1 saturated heterocycles. The van der Waals surface area contributed by atoms with Crippen molar-refractivity contribution in [2.75, 3.05) is 59.6 Å². The number of rotatable bonds is 41. The van der Waals surface area contributed by atoms with Crippen molar-refractivity contribution in [3.05, 3.63) is 0 Å². The fraction of sp³-hybridized carbons (Fsp3) is 0.942. The number of nitrogens with one attached hydrogen (secondary N) is 1. The molecule has 1 aliphatic heterocycles. The summed E-state index contributed by atoms with van der Waals surface area (Å²) in [5, 5.41) is 4.81. The number of hydrogen-bond donors (Lipinski definition) is 1. The van der Waals surface area contributed by atoms with E-state index >= 15 is 0 Å². The van der Waals surface area contributed by atoms with E-state index in [0.29, 0.717) is 44.6 Å². The second-order valence-corrected chi connectivity index (χ2v) is 18.3. The zero-order chi connectivity index (χ0) is 45.0. The number of likely N-dealkylation sites (tertiary alicyclic amines) is 1. The number of piperidine rings is 1. The Labute approximate surface area is 378 Å². The number of nitrogens with zero attached hydrogens (tertiary/aromatic N) is 2. The van der Waals surface area contributed by atoms with Crippen LogP contribution >= 0.6 is 0 Å². The first-order chi connectivity index (χ1) is 29.7. The number of ether oxygens (including phenoxy) is 2. The summed E-state index contributed by atoms with van der Waals surface area (Å²) < 4.78 is 11.5. The molecule has 0 bridgehead atoms. The molecule has 0 aromatic rings. The van der Waals surface area contributed by atoms with Crippen LogP contribution in [0.3, 0.4) is 0 Å². The number of hydroxylamine groups is 2. The topological polar surface area (TPSA) is 97.4 Å². The lowest BCUT2D eigenvalue weighted by molar-refractivity contribution is -0.173. The third kappa shape index (κ3) is 38.5. The summed E-state index contributed by atoms with van der Waals surface area (Å²) in [5.74, 6) is 1.14. The molecule has 1 aliphatic rings. The van der Waals surface area contributed by atoms with Gasteiger partial charge in [-0.1, -0.05) is 183 Å². The van der Waals surface area contributed by atoms with Gasteiger partial charge in [0.25, 0.3) is 0 Å². The Balaban J connectivity index is 0.00000200. The quantitative estimate of drug-likeness (QED) is 0.0369. The summed E-state index contributed by atoms with van der Waals surface area (Å²) in [6, 6.07) is 0. The number of carbonyl (C=O) groups excluding carboxylic acids is 3. The third-order valence-corrected chi connectivity index (χ3v) is 12.5. The van der Waals surface area contributed by atoms with Crippen molar-refractivity contribution in [2.45, 2.75) is 241 Å². The van der Waals surface area contributed by atoms with Crippen molar-refractivity contribution in [1.82, 2.24) is 15.3 Å². The lowest BCUT2D eigenvalue weighted by Crippen LogP contribution is -2.39. The molecule has 61 heavy (non-hydrogen) atoms. The Morgan fingerprint density at radius 3 is 1.39 bits per heavy atom. The lowest BCUT2D eigenvalue weighted by Gasteiger charge is -2.28. The zero-order valence-electron chi connectivity index (χ0n) is 41.7. The van der Waals surface area contributed by atoms with E-state index in [1.54, 1.807) is 5.06 Å². The number of carbonyl (C=O) groups is 3. The number of unbranched alkanes of at least 4 members (excludes halogenated alkanes) is 18. The van der Waals surface area contributed by atoms with Gasteiger partial charge in [0.05, 0.1) is 32.7 Å². The molecule has 0 saturated carbocycles. The normalized spacial score (nSPS) is 14.4. The van der Waals surface area contributed by atoms with E-state index in [-0.39, 0.29) is 36.8 Å². The van der Waals surface area contributed by atoms with Crippen molar-refractivity contribution in [2.24, 2.45) is 17.8 Å². The second kappa shape index (κ2) is 44.9. The van der Waals surface area contributed by atoms with E-state index < -0.39 is 0 Å². The summed E-state index contributed by atoms with van der Waals surface area (Å²) in [6.07, 6.45) is 36.4. The van der Waals surface area contributed by atoms with Gasteiger partial charge < -0.3 is 19.7 Å². The summed E-state index contributed by atoms with van der Waals surface area (Å²) >= 11 is 0. The van der Waals surface area contributed by atoms with Gasteiger partial charge in [-0.25, -0.2) is 0 Å². The molecule has 1 fully saturated rings. The van der Waals surface area contributed by atoms with Crippen molar-refractivity contribution in [3.63, 3.8) is 0 Å². The average molecular weight is 866 g/mol. The highest BCUT2D eigenvalue weighted by Gasteiger charge is 2.23. The van der Waals surface area contributed by atoms with Crippen LogP contribution in [-0.2, 0) is 28.7 Å². The first kappa shape index (κ1) is 59.3. The van der Waals surface area contributed by atoms with Crippen molar-refractivity contribution in [1.29, 1.82) is 0 Å². The largest absolute Gasteiger partial charge is 0.465 e. The molecule has 1 rings (SSSR count). The van der Waals surface area contributed by atoms with Crippen LogP contribution in [0.5, 0.6) is 0 Å². The molecule has 2 unspecified atom stereocenters. The van der Waals surface area contributed by atoms with Crippen LogP contribution < -0.4 is 5.32 Å². The van der Waals surface area contributed by atoms with E-state index in [9.17, 15) is 14.4 Å². The van der Waals surface area contributed by atoms with Gasteiger partial charge in [0.1, 0.15) is 0 Å². The first-order valence-corrected chi connectivity index (χ1v) is 26.4. The second-order valence-electron chi connectivity index (χ2n) is 18.3. The number of esters is 2. The minimum absolute atomic E-state index is 0.154. The molecule has 1 heterocycles. The van der Waals surface area contributed by atoms with Gasteiger partial charge in [-0.3, -0.25) is 19.2 Å². The van der Waals surface area contributed by atoms with Gasteiger partial charge in [0.2, 0.25) is 5.91 Å². The molecule has 1 amide bonds. The highest BCUT2D eigenvalue weighted by Crippen LogP contribution is 2.21. The smallest absolute Gasteiger partial charge is 0.308 e. The summed E-state index contributed by atoms with van der Waals surface area (Å²) in [5.41, 5.74) is 0. The summed E-state index contributed by atoms with van der Waals surface area (Å²) in [7, 11) is 2.12. The highest BCUT2D eigenvalue weighted by molar-refractivity contribution is 5.78. The minimum Gasteiger partial charge on any atom is -0.465 e. The maximum absolute atomic E-state index is 12.6. The molecule has 9 heteroatoms. The maximum Gasteiger partial charge on any atom is 0.308 e. The zero-order valence-corrected chi connectivity index (χ0v) is 41.7. The summed E-state index contributed by atoms with van der Waals surface area (Å²) in [6.45, 7) is 18.6. The third-order valence-electron chi connectivity index (χ3n) is 12.5. The molecule has 2 atom stereocenters. The first-order valence-electron chi connectivity index (χ1n) is 26.4. The van der Waals surface area contributed by atoms with Crippen LogP contribution in [0.2, 0.25) is 0 Å². The van der Waals surface area contributed by atoms with Crippen LogP contribution in [0.15, 0.2) is 0 Å². The molecule has 0 aliphatic carbocycles. The molecule has 362 valence electrons. The van der Waals surface area contributed by atoms with Gasteiger partial charge in [0, 0.05) is 25.6 Å². The van der Waals surface area contributed by atoms with E-state index in [4.69, 9.17) is 14.3 Å².